The zero-order chi connectivity index (χ0) is 21.7. The highest BCUT2D eigenvalue weighted by molar-refractivity contribution is 6.30. The number of piperidine rings is 1. The maximum Gasteiger partial charge on any atom is 0.406 e. The molecule has 4 heterocycles. The Morgan fingerprint density at radius 2 is 1.81 bits per heavy atom. The Kier molecular flexibility index (Phi) is 5.06. The molecule has 2 aromatic rings. The third-order valence-electron chi connectivity index (χ3n) is 6.38. The van der Waals surface area contributed by atoms with E-state index >= 15 is 0 Å². The molecule has 1 aromatic carbocycles. The quantitative estimate of drug-likeness (QED) is 0.685. The van der Waals surface area contributed by atoms with Crippen LogP contribution in [-0.2, 0) is 4.79 Å². The minimum absolute atomic E-state index is 0.212. The van der Waals surface area contributed by atoms with Gasteiger partial charge in [-0.05, 0) is 57.1 Å². The fourth-order valence-electron chi connectivity index (χ4n) is 4.72. The van der Waals surface area contributed by atoms with Crippen LogP contribution in [0.5, 0.6) is 0 Å². The summed E-state index contributed by atoms with van der Waals surface area (Å²) in [5.74, 6) is 0.892. The number of halogens is 1. The summed E-state index contributed by atoms with van der Waals surface area (Å²) in [6.07, 6.45) is 5.54. The summed E-state index contributed by atoms with van der Waals surface area (Å²) in [5, 5.41) is 0.655. The Morgan fingerprint density at radius 3 is 2.52 bits per heavy atom. The van der Waals surface area contributed by atoms with Gasteiger partial charge in [-0.25, -0.2) is 9.36 Å². The Bertz CT molecular complexity index is 1070. The van der Waals surface area contributed by atoms with E-state index in [9.17, 15) is 9.59 Å². The molecule has 3 aliphatic heterocycles. The standard InChI is InChI=1S/C22H26ClN6O2/c1-15-14-28-18-19(24-21(28)29(15)17-8-6-16(23)7-9-17)25(2)22(31)27(20(18)30)13-12-26-10-4-3-5-11-26/h6-9,14,18H,3-5,10-13H2,1-2H3/q+1. The fourth-order valence-corrected chi connectivity index (χ4v) is 4.85. The molecule has 0 radical (unpaired) electrons. The minimum Gasteiger partial charge on any atom is -0.302 e. The van der Waals surface area contributed by atoms with Gasteiger partial charge >= 0.3 is 12.0 Å². The monoisotopic (exact) mass is 441 g/mol. The molecule has 0 saturated carbocycles. The number of amidine groups is 1. The molecule has 2 saturated heterocycles. The number of rotatable bonds is 4. The lowest BCUT2D eigenvalue weighted by Crippen LogP contribution is -2.63. The van der Waals surface area contributed by atoms with Crippen molar-refractivity contribution in [1.82, 2.24) is 19.3 Å². The average molecular weight is 442 g/mol. The van der Waals surface area contributed by atoms with Crippen LogP contribution in [0.25, 0.3) is 5.69 Å². The largest absolute Gasteiger partial charge is 0.406 e. The van der Waals surface area contributed by atoms with Crippen molar-refractivity contribution in [2.45, 2.75) is 32.2 Å². The van der Waals surface area contributed by atoms with Crippen LogP contribution in [0.2, 0.25) is 5.02 Å². The average Bonchev–Trinajstić information content (AvgIpc) is 3.28. The number of likely N-dealkylation sites (N-methyl/N-ethyl adjacent to an activating group) is 1. The number of nitrogens with zero attached hydrogens (tertiary/aromatic N) is 6. The van der Waals surface area contributed by atoms with Gasteiger partial charge < -0.3 is 4.90 Å². The van der Waals surface area contributed by atoms with Gasteiger partial charge in [-0.3, -0.25) is 14.6 Å². The number of hydrogen-bond donors (Lipinski definition) is 0. The van der Waals surface area contributed by atoms with Crippen molar-refractivity contribution in [3.8, 4) is 5.69 Å². The second-order valence-electron chi connectivity index (χ2n) is 8.40. The normalized spacial score (nSPS) is 21.4. The first-order valence-electron chi connectivity index (χ1n) is 10.7. The van der Waals surface area contributed by atoms with Crippen molar-refractivity contribution in [1.29, 1.82) is 0 Å². The van der Waals surface area contributed by atoms with Gasteiger partial charge in [0.1, 0.15) is 17.6 Å². The molecule has 31 heavy (non-hydrogen) atoms. The van der Waals surface area contributed by atoms with E-state index in [1.54, 1.807) is 7.05 Å². The smallest absolute Gasteiger partial charge is 0.302 e. The van der Waals surface area contributed by atoms with E-state index in [0.717, 1.165) is 24.5 Å². The van der Waals surface area contributed by atoms with Crippen molar-refractivity contribution in [3.63, 3.8) is 0 Å². The van der Waals surface area contributed by atoms with E-state index in [4.69, 9.17) is 16.6 Å². The topological polar surface area (TPSA) is 65.0 Å². The summed E-state index contributed by atoms with van der Waals surface area (Å²) in [7, 11) is 1.69. The number of carbonyl (C=O) groups is 2. The molecule has 1 aromatic heterocycles. The number of aliphatic imine (C=N–C) groups is 1. The first-order chi connectivity index (χ1) is 15.0. The van der Waals surface area contributed by atoms with Gasteiger partial charge in [0.2, 0.25) is 11.9 Å². The number of benzene rings is 1. The number of carbonyl (C=O) groups excluding carboxylic acids is 2. The van der Waals surface area contributed by atoms with Crippen LogP contribution in [0.1, 0.15) is 31.0 Å². The van der Waals surface area contributed by atoms with Gasteiger partial charge in [-0.15, -0.1) is 0 Å². The Balaban J connectivity index is 1.46. The molecule has 1 unspecified atom stereocenters. The fraction of sp³-hybridized carbons (Fsp3) is 0.455. The molecule has 3 aliphatic rings. The Hall–Kier alpha value is -2.71. The number of likely N-dealkylation sites (tertiary alicyclic amines) is 1. The first-order valence-corrected chi connectivity index (χ1v) is 11.1. The summed E-state index contributed by atoms with van der Waals surface area (Å²) in [4.78, 5) is 36.4. The summed E-state index contributed by atoms with van der Waals surface area (Å²) >= 11 is 6.05. The number of urea groups is 1. The maximum absolute atomic E-state index is 13.4. The van der Waals surface area contributed by atoms with Crippen LogP contribution >= 0.6 is 11.6 Å². The summed E-state index contributed by atoms with van der Waals surface area (Å²) in [6, 6.07) is 6.56. The van der Waals surface area contributed by atoms with E-state index in [2.05, 4.69) is 4.90 Å². The van der Waals surface area contributed by atoms with Crippen LogP contribution in [0.15, 0.2) is 35.5 Å². The predicted molar refractivity (Wildman–Crippen MR) is 117 cm³/mol. The molecule has 2 fully saturated rings. The van der Waals surface area contributed by atoms with Crippen molar-refractivity contribution in [2.24, 2.45) is 4.99 Å². The third-order valence-corrected chi connectivity index (χ3v) is 6.63. The van der Waals surface area contributed by atoms with E-state index in [1.807, 2.05) is 46.5 Å². The van der Waals surface area contributed by atoms with Gasteiger partial charge in [0, 0.05) is 25.2 Å². The van der Waals surface area contributed by atoms with Crippen LogP contribution in [0, 0.1) is 6.92 Å². The molecule has 9 heteroatoms. The lowest BCUT2D eigenvalue weighted by atomic mass is 10.1. The van der Waals surface area contributed by atoms with Gasteiger partial charge in [-0.2, -0.15) is 4.57 Å². The van der Waals surface area contributed by atoms with Crippen LogP contribution in [0.3, 0.4) is 0 Å². The molecular formula is C22H26ClN6O2+. The first kappa shape index (κ1) is 20.2. The van der Waals surface area contributed by atoms with Gasteiger partial charge in [0.15, 0.2) is 0 Å². The van der Waals surface area contributed by atoms with Gasteiger partial charge in [0.25, 0.3) is 5.91 Å². The van der Waals surface area contributed by atoms with E-state index in [1.165, 1.54) is 29.1 Å². The molecular weight excluding hydrogens is 416 g/mol. The van der Waals surface area contributed by atoms with Crippen molar-refractivity contribution >= 4 is 35.3 Å². The lowest BCUT2D eigenvalue weighted by Gasteiger charge is -2.35. The Labute approximate surface area is 186 Å². The maximum atomic E-state index is 13.4. The molecule has 0 aliphatic carbocycles. The number of amides is 3. The highest BCUT2D eigenvalue weighted by Crippen LogP contribution is 2.31. The van der Waals surface area contributed by atoms with Crippen LogP contribution in [0.4, 0.5) is 10.7 Å². The Morgan fingerprint density at radius 1 is 1.10 bits per heavy atom. The lowest BCUT2D eigenvalue weighted by molar-refractivity contribution is -0.676. The summed E-state index contributed by atoms with van der Waals surface area (Å²) in [6.45, 7) is 5.16. The minimum atomic E-state index is -0.619. The molecule has 5 rings (SSSR count). The van der Waals surface area contributed by atoms with Crippen molar-refractivity contribution in [3.05, 3.63) is 41.2 Å². The van der Waals surface area contributed by atoms with E-state index in [0.29, 0.717) is 29.9 Å². The highest BCUT2D eigenvalue weighted by Gasteiger charge is 2.53. The predicted octanol–water partition coefficient (Wildman–Crippen LogP) is 2.69. The molecule has 0 spiro atoms. The number of imidazole rings is 1. The number of imide groups is 1. The molecule has 0 N–H and O–H groups in total. The molecule has 1 atom stereocenters. The number of hydrogen-bond acceptors (Lipinski definition) is 4. The molecule has 3 amide bonds. The van der Waals surface area contributed by atoms with Crippen LogP contribution < -0.4 is 4.57 Å². The van der Waals surface area contributed by atoms with Crippen LogP contribution in [-0.4, -0.2) is 70.3 Å². The van der Waals surface area contributed by atoms with E-state index in [-0.39, 0.29) is 11.9 Å². The SMILES string of the molecule is Cc1c[n+]2c(n1-c1ccc(Cl)cc1)N=C1C2C(=O)N(CCN2CCCCC2)C(=O)N1C. The van der Waals surface area contributed by atoms with E-state index < -0.39 is 6.04 Å². The third kappa shape index (κ3) is 3.34. The number of fused-ring (bicyclic) bond motifs is 3. The molecule has 0 bridgehead atoms. The highest BCUT2D eigenvalue weighted by atomic mass is 35.5. The van der Waals surface area contributed by atoms with Gasteiger partial charge in [-0.1, -0.05) is 23.0 Å². The zero-order valence-electron chi connectivity index (χ0n) is 17.8. The van der Waals surface area contributed by atoms with Crippen molar-refractivity contribution < 1.29 is 14.2 Å². The summed E-state index contributed by atoms with van der Waals surface area (Å²) in [5.41, 5.74) is 1.86. The second kappa shape index (κ2) is 7.76. The van der Waals surface area contributed by atoms with Crippen molar-refractivity contribution in [2.75, 3.05) is 33.2 Å². The number of aryl methyl sites for hydroxylation is 1. The molecule has 162 valence electrons. The number of aromatic nitrogens is 2. The zero-order valence-corrected chi connectivity index (χ0v) is 18.5. The summed E-state index contributed by atoms with van der Waals surface area (Å²) < 4.78 is 3.85. The second-order valence-corrected chi connectivity index (χ2v) is 8.83. The molecule has 8 nitrogen and oxygen atoms in total. The van der Waals surface area contributed by atoms with Gasteiger partial charge in [0.05, 0.1) is 0 Å².